The summed E-state index contributed by atoms with van der Waals surface area (Å²) in [4.78, 5) is 0. The second-order valence-electron chi connectivity index (χ2n) is 5.41. The lowest BCUT2D eigenvalue weighted by Crippen LogP contribution is -2.40. The zero-order valence-electron chi connectivity index (χ0n) is 13.0. The molecule has 0 aliphatic carbocycles. The normalized spacial score (nSPS) is 14.1. The molecule has 148 valence electrons. The summed E-state index contributed by atoms with van der Waals surface area (Å²) in [6, 6.07) is 5.28. The van der Waals surface area contributed by atoms with Gasteiger partial charge in [0.25, 0.3) is 0 Å². The maximum atomic E-state index is 13.6. The second kappa shape index (κ2) is 6.86. The van der Waals surface area contributed by atoms with Crippen molar-refractivity contribution in [1.29, 1.82) is 0 Å². The molecule has 2 aromatic carbocycles. The Morgan fingerprint density at radius 1 is 0.815 bits per heavy atom. The van der Waals surface area contributed by atoms with E-state index in [2.05, 4.69) is 0 Å². The van der Waals surface area contributed by atoms with E-state index >= 15 is 0 Å². The number of halogens is 9. The van der Waals surface area contributed by atoms with E-state index in [4.69, 9.17) is 10.5 Å². The topological polar surface area (TPSA) is 35.2 Å². The summed E-state index contributed by atoms with van der Waals surface area (Å²) in [5.41, 5.74) is 2.85. The van der Waals surface area contributed by atoms with Gasteiger partial charge in [0.2, 0.25) is 0 Å². The van der Waals surface area contributed by atoms with E-state index in [1.54, 1.807) is 0 Å². The van der Waals surface area contributed by atoms with Gasteiger partial charge in [-0.2, -0.15) is 35.1 Å². The van der Waals surface area contributed by atoms with Gasteiger partial charge in [0.1, 0.15) is 17.1 Å². The SMILES string of the molecule is Nc1ccc(Oc2ccc(C(F)C(F)(F)C(F)(F)F)cc2)c(C(F)(F)F)c1. The van der Waals surface area contributed by atoms with Crippen LogP contribution in [0.5, 0.6) is 11.5 Å². The fourth-order valence-electron chi connectivity index (χ4n) is 2.04. The Labute approximate surface area is 146 Å². The highest BCUT2D eigenvalue weighted by atomic mass is 19.4. The lowest BCUT2D eigenvalue weighted by molar-refractivity contribution is -0.305. The van der Waals surface area contributed by atoms with Crippen LogP contribution in [0.4, 0.5) is 45.2 Å². The highest BCUT2D eigenvalue weighted by Crippen LogP contribution is 2.47. The highest BCUT2D eigenvalue weighted by molar-refractivity contribution is 5.50. The average Bonchev–Trinajstić information content (AvgIpc) is 2.54. The summed E-state index contributed by atoms with van der Waals surface area (Å²) in [7, 11) is 0. The molecule has 0 fully saturated rings. The maximum absolute atomic E-state index is 13.6. The predicted molar refractivity (Wildman–Crippen MR) is 77.2 cm³/mol. The molecule has 1 atom stereocenters. The molecule has 2 nitrogen and oxygen atoms in total. The summed E-state index contributed by atoms with van der Waals surface area (Å²) in [5.74, 6) is -6.64. The Kier molecular flexibility index (Phi) is 5.26. The third-order valence-corrected chi connectivity index (χ3v) is 3.41. The zero-order chi connectivity index (χ0) is 20.6. The van der Waals surface area contributed by atoms with E-state index in [0.29, 0.717) is 18.2 Å². The van der Waals surface area contributed by atoms with Gasteiger partial charge in [-0.15, -0.1) is 0 Å². The molecule has 0 aliphatic heterocycles. The number of nitrogen functional groups attached to an aromatic ring is 1. The number of hydrogen-bond acceptors (Lipinski definition) is 2. The number of benzene rings is 2. The van der Waals surface area contributed by atoms with Crippen LogP contribution in [-0.2, 0) is 6.18 Å². The Balaban J connectivity index is 2.28. The summed E-state index contributed by atoms with van der Waals surface area (Å²) >= 11 is 0. The molecular weight excluding hydrogens is 393 g/mol. The lowest BCUT2D eigenvalue weighted by Gasteiger charge is -2.23. The Bertz CT molecular complexity index is 797. The first-order valence-corrected chi connectivity index (χ1v) is 7.06. The van der Waals surface area contributed by atoms with Gasteiger partial charge >= 0.3 is 18.3 Å². The van der Waals surface area contributed by atoms with E-state index < -0.39 is 41.3 Å². The number of hydrogen-bond donors (Lipinski definition) is 1. The van der Waals surface area contributed by atoms with Crippen molar-refractivity contribution in [3.05, 3.63) is 53.6 Å². The van der Waals surface area contributed by atoms with Gasteiger partial charge in [-0.25, -0.2) is 4.39 Å². The second-order valence-corrected chi connectivity index (χ2v) is 5.41. The summed E-state index contributed by atoms with van der Waals surface area (Å²) in [6.07, 6.45) is -14.6. The van der Waals surface area contributed by atoms with Crippen molar-refractivity contribution in [1.82, 2.24) is 0 Å². The number of alkyl halides is 9. The number of ether oxygens (including phenoxy) is 1. The van der Waals surface area contributed by atoms with Crippen molar-refractivity contribution in [3.8, 4) is 11.5 Å². The first-order valence-electron chi connectivity index (χ1n) is 7.06. The van der Waals surface area contributed by atoms with Crippen LogP contribution < -0.4 is 10.5 Å². The molecule has 0 radical (unpaired) electrons. The molecule has 2 aromatic rings. The Hall–Kier alpha value is -2.59. The van der Waals surface area contributed by atoms with Crippen LogP contribution in [0.15, 0.2) is 42.5 Å². The molecule has 0 saturated carbocycles. The zero-order valence-corrected chi connectivity index (χ0v) is 13.0. The number of anilines is 1. The van der Waals surface area contributed by atoms with Gasteiger partial charge in [-0.1, -0.05) is 12.1 Å². The molecular formula is C16H10F9NO. The largest absolute Gasteiger partial charge is 0.457 e. The Morgan fingerprint density at radius 2 is 1.37 bits per heavy atom. The minimum Gasteiger partial charge on any atom is -0.457 e. The van der Waals surface area contributed by atoms with Gasteiger partial charge in [-0.05, 0) is 35.9 Å². The van der Waals surface area contributed by atoms with Crippen LogP contribution in [0.3, 0.4) is 0 Å². The summed E-state index contributed by atoms with van der Waals surface area (Å²) in [6.45, 7) is 0. The van der Waals surface area contributed by atoms with E-state index in [0.717, 1.165) is 24.3 Å². The quantitative estimate of drug-likeness (QED) is 0.481. The molecule has 0 aliphatic rings. The van der Waals surface area contributed by atoms with Crippen LogP contribution in [0.1, 0.15) is 17.3 Å². The smallest absolute Gasteiger partial charge is 0.456 e. The summed E-state index contributed by atoms with van der Waals surface area (Å²) < 4.78 is 120. The average molecular weight is 403 g/mol. The van der Waals surface area contributed by atoms with Gasteiger partial charge in [-0.3, -0.25) is 0 Å². The van der Waals surface area contributed by atoms with E-state index in [1.807, 2.05) is 0 Å². The molecule has 0 heterocycles. The molecule has 0 spiro atoms. The molecule has 11 heteroatoms. The maximum Gasteiger partial charge on any atom is 0.456 e. The third kappa shape index (κ3) is 4.40. The van der Waals surface area contributed by atoms with Crippen LogP contribution in [-0.4, -0.2) is 12.1 Å². The molecule has 2 rings (SSSR count). The van der Waals surface area contributed by atoms with Crippen LogP contribution in [0, 0.1) is 0 Å². The fourth-order valence-corrected chi connectivity index (χ4v) is 2.04. The Morgan fingerprint density at radius 3 is 1.85 bits per heavy atom. The summed E-state index contributed by atoms with van der Waals surface area (Å²) in [5, 5.41) is 0. The van der Waals surface area contributed by atoms with Crippen molar-refractivity contribution in [2.24, 2.45) is 0 Å². The van der Waals surface area contributed by atoms with Crippen molar-refractivity contribution < 1.29 is 44.3 Å². The van der Waals surface area contributed by atoms with Crippen LogP contribution in [0.25, 0.3) is 0 Å². The van der Waals surface area contributed by atoms with Crippen molar-refractivity contribution >= 4 is 5.69 Å². The van der Waals surface area contributed by atoms with Gasteiger partial charge in [0, 0.05) is 5.69 Å². The van der Waals surface area contributed by atoms with E-state index in [1.165, 1.54) is 0 Å². The monoisotopic (exact) mass is 403 g/mol. The fraction of sp³-hybridized carbons (Fsp3) is 0.250. The molecule has 27 heavy (non-hydrogen) atoms. The standard InChI is InChI=1S/C16H10F9NO/c17-13(14(18,19)16(23,24)25)8-1-4-10(5-2-8)27-12-6-3-9(26)7-11(12)15(20,21)22/h1-7,13H,26H2. The third-order valence-electron chi connectivity index (χ3n) is 3.41. The highest BCUT2D eigenvalue weighted by Gasteiger charge is 2.63. The van der Waals surface area contributed by atoms with Gasteiger partial charge in [0.05, 0.1) is 0 Å². The van der Waals surface area contributed by atoms with Crippen molar-refractivity contribution in [2.45, 2.75) is 24.4 Å². The van der Waals surface area contributed by atoms with Crippen molar-refractivity contribution in [2.75, 3.05) is 5.73 Å². The predicted octanol–water partition coefficient (Wildman–Crippen LogP) is 6.29. The molecule has 0 saturated heterocycles. The van der Waals surface area contributed by atoms with Crippen LogP contribution in [0.2, 0.25) is 0 Å². The van der Waals surface area contributed by atoms with Gasteiger partial charge in [0.15, 0.2) is 6.17 Å². The van der Waals surface area contributed by atoms with E-state index in [-0.39, 0.29) is 11.4 Å². The van der Waals surface area contributed by atoms with Crippen molar-refractivity contribution in [3.63, 3.8) is 0 Å². The van der Waals surface area contributed by atoms with E-state index in [9.17, 15) is 39.5 Å². The number of nitrogens with two attached hydrogens (primary N) is 1. The molecule has 1 unspecified atom stereocenters. The molecule has 0 amide bonds. The van der Waals surface area contributed by atoms with Crippen LogP contribution >= 0.6 is 0 Å². The first kappa shape index (κ1) is 20.7. The molecule has 0 bridgehead atoms. The number of rotatable bonds is 4. The van der Waals surface area contributed by atoms with Gasteiger partial charge < -0.3 is 10.5 Å². The minimum absolute atomic E-state index is 0.195. The first-order chi connectivity index (χ1) is 12.2. The molecule has 0 aromatic heterocycles. The lowest BCUT2D eigenvalue weighted by atomic mass is 10.0. The minimum atomic E-state index is -6.10. The molecule has 2 N–H and O–H groups in total.